The van der Waals surface area contributed by atoms with Crippen molar-refractivity contribution in [2.45, 2.75) is 52.4 Å². The number of hydrogen-bond acceptors (Lipinski definition) is 0. The van der Waals surface area contributed by atoms with Crippen molar-refractivity contribution in [2.75, 3.05) is 0 Å². The molecule has 0 amide bonds. The van der Waals surface area contributed by atoms with Gasteiger partial charge in [-0.3, -0.25) is 0 Å². The zero-order valence-electron chi connectivity index (χ0n) is 7.90. The summed E-state index contributed by atoms with van der Waals surface area (Å²) in [5.74, 6) is 2.26. The normalized spacial score (nSPS) is 48.5. The molecule has 0 radical (unpaired) electrons. The Morgan fingerprint density at radius 3 is 2.18 bits per heavy atom. The second kappa shape index (κ2) is 2.50. The highest BCUT2D eigenvalue weighted by atomic mass is 14.5. The highest BCUT2D eigenvalue weighted by Crippen LogP contribution is 2.55. The molecule has 3 rings (SSSR count). The van der Waals surface area contributed by atoms with Crippen molar-refractivity contribution in [3.05, 3.63) is 0 Å². The Kier molecular flexibility index (Phi) is 1.74. The van der Waals surface area contributed by atoms with Crippen LogP contribution in [0.15, 0.2) is 0 Å². The first-order chi connectivity index (χ1) is 5.22. The highest BCUT2D eigenvalue weighted by molar-refractivity contribution is 4.94. The standard InChI is InChI=1S/C11H20/c1-3-4-11(2)7-9-5-10(6-9)8-11/h9-10H,3-8H2,1-2H3. The van der Waals surface area contributed by atoms with Crippen LogP contribution in [-0.2, 0) is 0 Å². The van der Waals surface area contributed by atoms with E-state index in [4.69, 9.17) is 0 Å². The lowest BCUT2D eigenvalue weighted by Gasteiger charge is -2.51. The van der Waals surface area contributed by atoms with Crippen molar-refractivity contribution in [2.24, 2.45) is 17.3 Å². The van der Waals surface area contributed by atoms with Crippen LogP contribution in [0.25, 0.3) is 0 Å². The molecule has 0 atom stereocenters. The van der Waals surface area contributed by atoms with Crippen molar-refractivity contribution in [1.82, 2.24) is 0 Å². The molecule has 3 fully saturated rings. The van der Waals surface area contributed by atoms with E-state index in [9.17, 15) is 0 Å². The molecule has 0 heterocycles. The fraction of sp³-hybridized carbons (Fsp3) is 1.00. The molecule has 64 valence electrons. The zero-order valence-corrected chi connectivity index (χ0v) is 7.90. The van der Waals surface area contributed by atoms with Gasteiger partial charge < -0.3 is 0 Å². The first-order valence-corrected chi connectivity index (χ1v) is 5.22. The Labute approximate surface area is 70.4 Å². The van der Waals surface area contributed by atoms with Gasteiger partial charge in [-0.15, -0.1) is 0 Å². The maximum absolute atomic E-state index is 2.51. The van der Waals surface area contributed by atoms with Crippen LogP contribution in [0, 0.1) is 17.3 Å². The predicted octanol–water partition coefficient (Wildman–Crippen LogP) is 3.61. The summed E-state index contributed by atoms with van der Waals surface area (Å²) in [6.07, 6.45) is 9.07. The largest absolute Gasteiger partial charge is 0.0654 e. The minimum atomic E-state index is 0.751. The van der Waals surface area contributed by atoms with Gasteiger partial charge in [-0.1, -0.05) is 20.3 Å². The summed E-state index contributed by atoms with van der Waals surface area (Å²) in [4.78, 5) is 0. The van der Waals surface area contributed by atoms with Gasteiger partial charge in [0.1, 0.15) is 0 Å². The summed E-state index contributed by atoms with van der Waals surface area (Å²) in [6, 6.07) is 0. The molecule has 0 N–H and O–H groups in total. The summed E-state index contributed by atoms with van der Waals surface area (Å²) >= 11 is 0. The van der Waals surface area contributed by atoms with Gasteiger partial charge in [0.25, 0.3) is 0 Å². The Bertz CT molecular complexity index is 132. The number of hydrogen-bond donors (Lipinski definition) is 0. The third-order valence-corrected chi connectivity index (χ3v) is 3.75. The summed E-state index contributed by atoms with van der Waals surface area (Å²) in [6.45, 7) is 4.83. The minimum absolute atomic E-state index is 0.751. The predicted molar refractivity (Wildman–Crippen MR) is 48.5 cm³/mol. The van der Waals surface area contributed by atoms with Crippen LogP contribution in [0.3, 0.4) is 0 Å². The van der Waals surface area contributed by atoms with Gasteiger partial charge in [0.15, 0.2) is 0 Å². The van der Waals surface area contributed by atoms with E-state index in [1.54, 1.807) is 12.8 Å². The zero-order chi connectivity index (χ0) is 7.90. The molecule has 2 bridgehead atoms. The van der Waals surface area contributed by atoms with Crippen molar-refractivity contribution < 1.29 is 0 Å². The molecule has 0 nitrogen and oxygen atoms in total. The third kappa shape index (κ3) is 1.32. The molecule has 0 aliphatic heterocycles. The van der Waals surface area contributed by atoms with E-state index < -0.39 is 0 Å². The lowest BCUT2D eigenvalue weighted by Crippen LogP contribution is -2.39. The Balaban J connectivity index is 1.94. The van der Waals surface area contributed by atoms with Gasteiger partial charge in [-0.05, 0) is 49.4 Å². The quantitative estimate of drug-likeness (QED) is 0.567. The Morgan fingerprint density at radius 1 is 1.18 bits per heavy atom. The molecular formula is C11H20. The molecule has 0 aromatic rings. The van der Waals surface area contributed by atoms with Crippen LogP contribution in [-0.4, -0.2) is 0 Å². The second-order valence-electron chi connectivity index (χ2n) is 5.17. The summed E-state index contributed by atoms with van der Waals surface area (Å²) in [5.41, 5.74) is 0.751. The maximum atomic E-state index is 2.51. The molecule has 0 aromatic carbocycles. The van der Waals surface area contributed by atoms with Gasteiger partial charge in [0.2, 0.25) is 0 Å². The average Bonchev–Trinajstić information content (AvgIpc) is 1.84. The summed E-state index contributed by atoms with van der Waals surface area (Å²) in [7, 11) is 0. The average molecular weight is 152 g/mol. The van der Waals surface area contributed by atoms with E-state index in [-0.39, 0.29) is 0 Å². The third-order valence-electron chi connectivity index (χ3n) is 3.75. The van der Waals surface area contributed by atoms with E-state index >= 15 is 0 Å². The first kappa shape index (κ1) is 7.64. The van der Waals surface area contributed by atoms with E-state index in [0.29, 0.717) is 0 Å². The Hall–Kier alpha value is 0. The first-order valence-electron chi connectivity index (χ1n) is 5.22. The molecule has 0 spiro atoms. The minimum Gasteiger partial charge on any atom is -0.0654 e. The monoisotopic (exact) mass is 152 g/mol. The molecule has 0 heteroatoms. The molecule has 3 saturated carbocycles. The topological polar surface area (TPSA) is 0 Å². The van der Waals surface area contributed by atoms with E-state index in [0.717, 1.165) is 17.3 Å². The van der Waals surface area contributed by atoms with Crippen LogP contribution in [0.5, 0.6) is 0 Å². The number of fused-ring (bicyclic) bond motifs is 2. The van der Waals surface area contributed by atoms with Gasteiger partial charge in [0, 0.05) is 0 Å². The molecule has 3 aliphatic carbocycles. The van der Waals surface area contributed by atoms with Crippen molar-refractivity contribution in [3.63, 3.8) is 0 Å². The highest BCUT2D eigenvalue weighted by Gasteiger charge is 2.43. The molecule has 0 aromatic heterocycles. The van der Waals surface area contributed by atoms with E-state index in [2.05, 4.69) is 13.8 Å². The van der Waals surface area contributed by atoms with Crippen molar-refractivity contribution in [1.29, 1.82) is 0 Å². The van der Waals surface area contributed by atoms with Crippen molar-refractivity contribution >= 4 is 0 Å². The molecule has 0 saturated heterocycles. The SMILES string of the molecule is CCCC1(C)CC2CC(C2)C1. The van der Waals surface area contributed by atoms with Crippen molar-refractivity contribution in [3.8, 4) is 0 Å². The lowest BCUT2D eigenvalue weighted by atomic mass is 9.55. The van der Waals surface area contributed by atoms with Gasteiger partial charge in [-0.25, -0.2) is 0 Å². The van der Waals surface area contributed by atoms with Crippen LogP contribution in [0.2, 0.25) is 0 Å². The van der Waals surface area contributed by atoms with Gasteiger partial charge in [0.05, 0.1) is 0 Å². The van der Waals surface area contributed by atoms with Crippen LogP contribution in [0.4, 0.5) is 0 Å². The molecule has 3 aliphatic rings. The summed E-state index contributed by atoms with van der Waals surface area (Å²) in [5, 5.41) is 0. The van der Waals surface area contributed by atoms with Crippen LogP contribution < -0.4 is 0 Å². The van der Waals surface area contributed by atoms with E-state index in [1.165, 1.54) is 25.7 Å². The Morgan fingerprint density at radius 2 is 1.73 bits per heavy atom. The molecule has 0 unspecified atom stereocenters. The van der Waals surface area contributed by atoms with Crippen LogP contribution >= 0.6 is 0 Å². The van der Waals surface area contributed by atoms with Gasteiger partial charge >= 0.3 is 0 Å². The molecule has 11 heavy (non-hydrogen) atoms. The van der Waals surface area contributed by atoms with E-state index in [1.807, 2.05) is 0 Å². The molecular weight excluding hydrogens is 132 g/mol. The fourth-order valence-electron chi connectivity index (χ4n) is 3.49. The van der Waals surface area contributed by atoms with Crippen LogP contribution in [0.1, 0.15) is 52.4 Å². The second-order valence-corrected chi connectivity index (χ2v) is 5.17. The number of rotatable bonds is 2. The maximum Gasteiger partial charge on any atom is -0.0321 e. The lowest BCUT2D eigenvalue weighted by molar-refractivity contribution is 0.00310. The fourth-order valence-corrected chi connectivity index (χ4v) is 3.49. The van der Waals surface area contributed by atoms with Gasteiger partial charge in [-0.2, -0.15) is 0 Å². The smallest absolute Gasteiger partial charge is 0.0321 e. The summed E-state index contributed by atoms with van der Waals surface area (Å²) < 4.78 is 0.